The summed E-state index contributed by atoms with van der Waals surface area (Å²) in [6.07, 6.45) is -1.44. The van der Waals surface area contributed by atoms with Gasteiger partial charge < -0.3 is 0 Å². The van der Waals surface area contributed by atoms with Crippen molar-refractivity contribution in [3.63, 3.8) is 0 Å². The third kappa shape index (κ3) is 3.38. The number of aromatic amines is 1. The highest BCUT2D eigenvalue weighted by molar-refractivity contribution is 14.1. The summed E-state index contributed by atoms with van der Waals surface area (Å²) in [5.74, 6) is -1.82. The predicted molar refractivity (Wildman–Crippen MR) is 95.3 cm³/mol. The zero-order chi connectivity index (χ0) is 19.2. The van der Waals surface area contributed by atoms with Crippen LogP contribution in [0.3, 0.4) is 0 Å². The second kappa shape index (κ2) is 6.55. The normalized spacial score (nSPS) is 12.0. The quantitative estimate of drug-likeness (QED) is 0.351. The average Bonchev–Trinajstić information content (AvgIpc) is 3.24. The van der Waals surface area contributed by atoms with Crippen LogP contribution in [-0.2, 0) is 12.6 Å². The lowest BCUT2D eigenvalue weighted by Crippen LogP contribution is -2.07. The maximum absolute atomic E-state index is 14.0. The maximum Gasteiger partial charge on any atom is 0.451 e. The van der Waals surface area contributed by atoms with Gasteiger partial charge in [0.1, 0.15) is 15.2 Å². The smallest absolute Gasteiger partial charge is 0.291 e. The summed E-state index contributed by atoms with van der Waals surface area (Å²) in [5, 5.41) is 5.48. The van der Waals surface area contributed by atoms with Gasteiger partial charge in [0.2, 0.25) is 11.6 Å². The number of hydrogen-bond acceptors (Lipinski definition) is 4. The van der Waals surface area contributed by atoms with Crippen LogP contribution in [-0.4, -0.2) is 29.5 Å². The van der Waals surface area contributed by atoms with Crippen LogP contribution in [0.5, 0.6) is 0 Å². The second-order valence-electron chi connectivity index (χ2n) is 5.62. The molecule has 0 amide bonds. The fourth-order valence-corrected chi connectivity index (χ4v) is 3.08. The van der Waals surface area contributed by atoms with Crippen molar-refractivity contribution >= 4 is 28.2 Å². The molecular formula is C16H9F4IN6. The highest BCUT2D eigenvalue weighted by atomic mass is 127. The van der Waals surface area contributed by atoms with Crippen molar-refractivity contribution < 1.29 is 17.6 Å². The first-order valence-corrected chi connectivity index (χ1v) is 8.66. The number of fused-ring (bicyclic) bond motifs is 1. The molecule has 27 heavy (non-hydrogen) atoms. The minimum atomic E-state index is -4.64. The average molecular weight is 488 g/mol. The molecular weight excluding hydrogens is 479 g/mol. The maximum atomic E-state index is 14.0. The van der Waals surface area contributed by atoms with Gasteiger partial charge in [-0.05, 0) is 34.2 Å². The molecule has 0 bridgehead atoms. The first-order valence-electron chi connectivity index (χ1n) is 7.59. The zero-order valence-corrected chi connectivity index (χ0v) is 15.5. The zero-order valence-electron chi connectivity index (χ0n) is 13.3. The SMILES string of the molecule is Fc1ccccc1Cc1nc(-c2n[nH]c(C(F)(F)F)n2)cn2c(I)cnc12. The molecule has 0 spiro atoms. The third-order valence-corrected chi connectivity index (χ3v) is 4.61. The van der Waals surface area contributed by atoms with E-state index in [1.807, 2.05) is 27.7 Å². The number of aromatic nitrogens is 6. The molecule has 3 aromatic heterocycles. The molecule has 3 heterocycles. The van der Waals surface area contributed by atoms with Gasteiger partial charge in [-0.2, -0.15) is 18.3 Å². The van der Waals surface area contributed by atoms with Gasteiger partial charge in [-0.1, -0.05) is 18.2 Å². The van der Waals surface area contributed by atoms with Gasteiger partial charge in [0.25, 0.3) is 0 Å². The number of nitrogens with one attached hydrogen (secondary N) is 1. The number of alkyl halides is 3. The lowest BCUT2D eigenvalue weighted by atomic mass is 10.1. The van der Waals surface area contributed by atoms with Crippen molar-refractivity contribution in [2.45, 2.75) is 12.6 Å². The Morgan fingerprint density at radius 1 is 1.15 bits per heavy atom. The number of hydrogen-bond donors (Lipinski definition) is 1. The van der Waals surface area contributed by atoms with Crippen LogP contribution < -0.4 is 0 Å². The van der Waals surface area contributed by atoms with E-state index in [4.69, 9.17) is 0 Å². The van der Waals surface area contributed by atoms with Gasteiger partial charge in [0.15, 0.2) is 5.65 Å². The van der Waals surface area contributed by atoms with Crippen LogP contribution in [0.4, 0.5) is 17.6 Å². The molecule has 0 saturated heterocycles. The summed E-state index contributed by atoms with van der Waals surface area (Å²) in [5.41, 5.74) is 1.40. The highest BCUT2D eigenvalue weighted by Crippen LogP contribution is 2.28. The standard InChI is InChI=1S/C16H9F4IN6/c17-9-4-2-1-3-8(9)5-10-14-22-6-12(21)27(14)7-11(23-10)13-24-15(26-25-13)16(18,19)20/h1-4,6-7H,5H2,(H,24,25,26). The van der Waals surface area contributed by atoms with Crippen LogP contribution in [0.1, 0.15) is 17.1 Å². The first kappa shape index (κ1) is 17.8. The van der Waals surface area contributed by atoms with Gasteiger partial charge in [-0.15, -0.1) is 0 Å². The van der Waals surface area contributed by atoms with Gasteiger partial charge in [0.05, 0.1) is 11.9 Å². The van der Waals surface area contributed by atoms with Gasteiger partial charge in [-0.25, -0.2) is 19.3 Å². The molecule has 6 nitrogen and oxygen atoms in total. The summed E-state index contributed by atoms with van der Waals surface area (Å²) < 4.78 is 54.7. The largest absolute Gasteiger partial charge is 0.451 e. The molecule has 1 N–H and O–H groups in total. The molecule has 0 aliphatic carbocycles. The first-order chi connectivity index (χ1) is 12.8. The van der Waals surface area contributed by atoms with E-state index in [0.29, 0.717) is 20.6 Å². The van der Waals surface area contributed by atoms with Crippen LogP contribution in [0.25, 0.3) is 17.2 Å². The Bertz CT molecular complexity index is 1130. The van der Waals surface area contributed by atoms with Crippen molar-refractivity contribution in [3.8, 4) is 11.5 Å². The van der Waals surface area contributed by atoms with Crippen LogP contribution in [0.2, 0.25) is 0 Å². The van der Waals surface area contributed by atoms with E-state index in [2.05, 4.69) is 20.1 Å². The Morgan fingerprint density at radius 2 is 1.93 bits per heavy atom. The minimum absolute atomic E-state index is 0.119. The number of rotatable bonds is 3. The highest BCUT2D eigenvalue weighted by Gasteiger charge is 2.35. The predicted octanol–water partition coefficient (Wildman–Crippen LogP) is 3.87. The molecule has 0 saturated carbocycles. The fourth-order valence-electron chi connectivity index (χ4n) is 2.57. The molecule has 4 rings (SSSR count). The Kier molecular flexibility index (Phi) is 4.32. The molecule has 4 aromatic rings. The molecule has 0 aliphatic heterocycles. The van der Waals surface area contributed by atoms with Crippen molar-refractivity contribution in [1.29, 1.82) is 0 Å². The molecule has 0 atom stereocenters. The lowest BCUT2D eigenvalue weighted by Gasteiger charge is -2.07. The van der Waals surface area contributed by atoms with Gasteiger partial charge >= 0.3 is 6.18 Å². The summed E-state index contributed by atoms with van der Waals surface area (Å²) in [7, 11) is 0. The van der Waals surface area contributed by atoms with Gasteiger partial charge in [0, 0.05) is 12.6 Å². The molecule has 0 radical (unpaired) electrons. The van der Waals surface area contributed by atoms with Gasteiger partial charge in [-0.3, -0.25) is 9.50 Å². The van der Waals surface area contributed by atoms with E-state index >= 15 is 0 Å². The van der Waals surface area contributed by atoms with E-state index in [1.165, 1.54) is 12.3 Å². The molecule has 1 aromatic carbocycles. The number of imidazole rings is 1. The summed E-state index contributed by atoms with van der Waals surface area (Å²) in [4.78, 5) is 12.1. The number of halogens is 5. The van der Waals surface area contributed by atoms with Crippen LogP contribution in [0.15, 0.2) is 36.7 Å². The minimum Gasteiger partial charge on any atom is -0.291 e. The fraction of sp³-hybridized carbons (Fsp3) is 0.125. The summed E-state index contributed by atoms with van der Waals surface area (Å²) in [6.45, 7) is 0. The topological polar surface area (TPSA) is 71.8 Å². The van der Waals surface area contributed by atoms with E-state index in [0.717, 1.165) is 0 Å². The lowest BCUT2D eigenvalue weighted by molar-refractivity contribution is -0.144. The van der Waals surface area contributed by atoms with Crippen molar-refractivity contribution in [3.05, 3.63) is 63.3 Å². The third-order valence-electron chi connectivity index (χ3n) is 3.82. The number of H-pyrrole nitrogens is 1. The summed E-state index contributed by atoms with van der Waals surface area (Å²) >= 11 is 2.03. The monoisotopic (exact) mass is 488 g/mol. The molecule has 0 unspecified atom stereocenters. The molecule has 11 heteroatoms. The summed E-state index contributed by atoms with van der Waals surface area (Å²) in [6, 6.07) is 6.21. The molecule has 0 fully saturated rings. The number of nitrogens with zero attached hydrogens (tertiary/aromatic N) is 5. The Balaban J connectivity index is 1.84. The van der Waals surface area contributed by atoms with E-state index in [-0.39, 0.29) is 17.9 Å². The van der Waals surface area contributed by atoms with E-state index in [9.17, 15) is 17.6 Å². The van der Waals surface area contributed by atoms with E-state index < -0.39 is 17.8 Å². The van der Waals surface area contributed by atoms with Crippen LogP contribution >= 0.6 is 22.6 Å². The van der Waals surface area contributed by atoms with Crippen molar-refractivity contribution in [2.75, 3.05) is 0 Å². The van der Waals surface area contributed by atoms with E-state index in [1.54, 1.807) is 28.8 Å². The number of benzene rings is 1. The Hall–Kier alpha value is -2.57. The van der Waals surface area contributed by atoms with Crippen LogP contribution in [0, 0.1) is 9.52 Å². The Labute approximate surface area is 162 Å². The molecule has 138 valence electrons. The van der Waals surface area contributed by atoms with Crippen molar-refractivity contribution in [2.24, 2.45) is 0 Å². The molecule has 0 aliphatic rings. The Morgan fingerprint density at radius 3 is 2.63 bits per heavy atom. The van der Waals surface area contributed by atoms with Crippen molar-refractivity contribution in [1.82, 2.24) is 29.5 Å². The second-order valence-corrected chi connectivity index (χ2v) is 6.73.